The lowest BCUT2D eigenvalue weighted by molar-refractivity contribution is 0.973. The monoisotopic (exact) mass is 151 g/mol. The molecule has 2 aromatic heterocycles. The minimum atomic E-state index is 0.874. The SMILES string of the molecule is C=Cc1cn2ncsc2n1. The molecule has 0 spiro atoms. The van der Waals surface area contributed by atoms with E-state index in [1.807, 2.05) is 6.20 Å². The van der Waals surface area contributed by atoms with Gasteiger partial charge in [-0.15, -0.1) is 0 Å². The third-order valence-electron chi connectivity index (χ3n) is 1.21. The smallest absolute Gasteiger partial charge is 0.212 e. The van der Waals surface area contributed by atoms with Crippen LogP contribution in [-0.2, 0) is 0 Å². The summed E-state index contributed by atoms with van der Waals surface area (Å²) in [5.41, 5.74) is 2.63. The first-order valence-corrected chi connectivity index (χ1v) is 3.69. The predicted octanol–water partition coefficient (Wildman–Crippen LogP) is 1.43. The fraction of sp³-hybridized carbons (Fsp3) is 0. The summed E-state index contributed by atoms with van der Waals surface area (Å²) >= 11 is 1.52. The number of nitrogens with zero attached hydrogens (tertiary/aromatic N) is 3. The third-order valence-corrected chi connectivity index (χ3v) is 1.90. The van der Waals surface area contributed by atoms with E-state index in [4.69, 9.17) is 0 Å². The maximum Gasteiger partial charge on any atom is 0.212 e. The molecule has 0 aliphatic rings. The number of hydrogen-bond acceptors (Lipinski definition) is 3. The summed E-state index contributed by atoms with van der Waals surface area (Å²) in [6, 6.07) is 0. The quantitative estimate of drug-likeness (QED) is 0.617. The number of imidazole rings is 1. The van der Waals surface area contributed by atoms with Gasteiger partial charge in [0.05, 0.1) is 11.9 Å². The maximum atomic E-state index is 4.19. The van der Waals surface area contributed by atoms with Crippen LogP contribution in [-0.4, -0.2) is 14.6 Å². The van der Waals surface area contributed by atoms with Gasteiger partial charge >= 0.3 is 0 Å². The number of fused-ring (bicyclic) bond motifs is 1. The first-order valence-electron chi connectivity index (χ1n) is 2.81. The van der Waals surface area contributed by atoms with Gasteiger partial charge in [0.25, 0.3) is 0 Å². The Labute approximate surface area is 61.6 Å². The van der Waals surface area contributed by atoms with Crippen molar-refractivity contribution in [1.82, 2.24) is 14.6 Å². The van der Waals surface area contributed by atoms with E-state index in [1.54, 1.807) is 16.1 Å². The zero-order chi connectivity index (χ0) is 6.97. The molecule has 2 heterocycles. The summed E-state index contributed by atoms with van der Waals surface area (Å²) in [5.74, 6) is 0. The van der Waals surface area contributed by atoms with Gasteiger partial charge in [-0.1, -0.05) is 17.9 Å². The molecular weight excluding hydrogens is 146 g/mol. The maximum absolute atomic E-state index is 4.19. The van der Waals surface area contributed by atoms with E-state index in [1.165, 1.54) is 11.3 Å². The van der Waals surface area contributed by atoms with Crippen LogP contribution in [0.2, 0.25) is 0 Å². The molecule has 4 heteroatoms. The molecule has 0 radical (unpaired) electrons. The summed E-state index contributed by atoms with van der Waals surface area (Å²) in [5, 5.41) is 4.01. The Morgan fingerprint density at radius 2 is 2.60 bits per heavy atom. The van der Waals surface area contributed by atoms with Crippen LogP contribution in [0.25, 0.3) is 11.0 Å². The lowest BCUT2D eigenvalue weighted by atomic mass is 10.5. The van der Waals surface area contributed by atoms with Crippen LogP contribution in [0.15, 0.2) is 18.3 Å². The van der Waals surface area contributed by atoms with E-state index in [9.17, 15) is 0 Å². The Kier molecular flexibility index (Phi) is 1.07. The van der Waals surface area contributed by atoms with E-state index in [0.717, 1.165) is 10.7 Å². The molecule has 0 aromatic carbocycles. The summed E-state index contributed by atoms with van der Waals surface area (Å²) < 4.78 is 1.74. The minimum absolute atomic E-state index is 0.874. The standard InChI is InChI=1S/C6H5N3S/c1-2-5-3-9-6(8-5)10-4-7-9/h2-4H,1H2. The second kappa shape index (κ2) is 1.91. The van der Waals surface area contributed by atoms with Crippen LogP contribution in [0.4, 0.5) is 0 Å². The highest BCUT2D eigenvalue weighted by Gasteiger charge is 1.97. The zero-order valence-electron chi connectivity index (χ0n) is 5.19. The Hall–Kier alpha value is -1.16. The van der Waals surface area contributed by atoms with Crippen molar-refractivity contribution in [2.45, 2.75) is 0 Å². The lowest BCUT2D eigenvalue weighted by Crippen LogP contribution is -1.75. The van der Waals surface area contributed by atoms with Gasteiger partial charge in [0.1, 0.15) is 5.51 Å². The van der Waals surface area contributed by atoms with Crippen LogP contribution in [0.1, 0.15) is 5.69 Å². The second-order valence-electron chi connectivity index (χ2n) is 1.84. The Morgan fingerprint density at radius 3 is 3.30 bits per heavy atom. The summed E-state index contributed by atoms with van der Waals surface area (Å²) in [7, 11) is 0. The van der Waals surface area contributed by atoms with Crippen molar-refractivity contribution in [2.75, 3.05) is 0 Å². The average Bonchev–Trinajstić information content (AvgIpc) is 2.42. The van der Waals surface area contributed by atoms with Crippen molar-refractivity contribution in [2.24, 2.45) is 0 Å². The van der Waals surface area contributed by atoms with Gasteiger partial charge in [-0.05, 0) is 6.08 Å². The predicted molar refractivity (Wildman–Crippen MR) is 41.0 cm³/mol. The second-order valence-corrected chi connectivity index (χ2v) is 2.65. The highest BCUT2D eigenvalue weighted by Crippen LogP contribution is 2.08. The van der Waals surface area contributed by atoms with E-state index >= 15 is 0 Å². The van der Waals surface area contributed by atoms with E-state index in [0.29, 0.717) is 0 Å². The van der Waals surface area contributed by atoms with Crippen molar-refractivity contribution >= 4 is 22.4 Å². The minimum Gasteiger partial charge on any atom is -0.218 e. The van der Waals surface area contributed by atoms with Gasteiger partial charge in [-0.3, -0.25) is 0 Å². The molecule has 0 aliphatic carbocycles. The van der Waals surface area contributed by atoms with Crippen molar-refractivity contribution in [3.05, 3.63) is 24.0 Å². The average molecular weight is 151 g/mol. The molecule has 0 saturated heterocycles. The molecule has 3 nitrogen and oxygen atoms in total. The molecule has 0 atom stereocenters. The van der Waals surface area contributed by atoms with Gasteiger partial charge in [-0.25, -0.2) is 9.50 Å². The fourth-order valence-corrected chi connectivity index (χ4v) is 1.36. The van der Waals surface area contributed by atoms with Crippen LogP contribution in [0.3, 0.4) is 0 Å². The van der Waals surface area contributed by atoms with Crippen LogP contribution < -0.4 is 0 Å². The van der Waals surface area contributed by atoms with Gasteiger partial charge in [0.2, 0.25) is 4.96 Å². The molecule has 0 unspecified atom stereocenters. The normalized spacial score (nSPS) is 10.4. The molecule has 0 saturated carbocycles. The lowest BCUT2D eigenvalue weighted by Gasteiger charge is -1.72. The van der Waals surface area contributed by atoms with E-state index < -0.39 is 0 Å². The molecule has 0 amide bonds. The van der Waals surface area contributed by atoms with Gasteiger partial charge < -0.3 is 0 Å². The molecule has 2 rings (SSSR count). The Bertz CT molecular complexity index is 331. The van der Waals surface area contributed by atoms with Gasteiger partial charge in [0.15, 0.2) is 0 Å². The largest absolute Gasteiger partial charge is 0.218 e. The molecule has 0 bridgehead atoms. The molecule has 50 valence electrons. The topological polar surface area (TPSA) is 30.2 Å². The first kappa shape index (κ1) is 5.61. The van der Waals surface area contributed by atoms with Crippen molar-refractivity contribution < 1.29 is 0 Å². The van der Waals surface area contributed by atoms with Crippen LogP contribution in [0, 0.1) is 0 Å². The van der Waals surface area contributed by atoms with Gasteiger partial charge in [-0.2, -0.15) is 5.10 Å². The fourth-order valence-electron chi connectivity index (χ4n) is 0.754. The van der Waals surface area contributed by atoms with Gasteiger partial charge in [0, 0.05) is 0 Å². The summed E-state index contributed by atoms with van der Waals surface area (Å²) in [4.78, 5) is 5.10. The summed E-state index contributed by atoms with van der Waals surface area (Å²) in [6.07, 6.45) is 3.56. The van der Waals surface area contributed by atoms with Crippen molar-refractivity contribution in [1.29, 1.82) is 0 Å². The molecule has 0 aliphatic heterocycles. The number of aromatic nitrogens is 3. The van der Waals surface area contributed by atoms with Crippen LogP contribution in [0.5, 0.6) is 0 Å². The Balaban J connectivity index is 2.78. The zero-order valence-corrected chi connectivity index (χ0v) is 6.01. The van der Waals surface area contributed by atoms with Crippen molar-refractivity contribution in [3.8, 4) is 0 Å². The highest BCUT2D eigenvalue weighted by atomic mass is 32.1. The molecule has 0 fully saturated rings. The number of hydrogen-bond donors (Lipinski definition) is 0. The third kappa shape index (κ3) is 0.657. The molecule has 2 aromatic rings. The molecular formula is C6H5N3S. The van der Waals surface area contributed by atoms with E-state index in [-0.39, 0.29) is 0 Å². The highest BCUT2D eigenvalue weighted by molar-refractivity contribution is 7.14. The Morgan fingerprint density at radius 1 is 1.70 bits per heavy atom. The van der Waals surface area contributed by atoms with Crippen molar-refractivity contribution in [3.63, 3.8) is 0 Å². The molecule has 10 heavy (non-hydrogen) atoms. The molecule has 0 N–H and O–H groups in total. The number of rotatable bonds is 1. The van der Waals surface area contributed by atoms with Crippen LogP contribution >= 0.6 is 11.3 Å². The van der Waals surface area contributed by atoms with E-state index in [2.05, 4.69) is 16.7 Å². The first-order chi connectivity index (χ1) is 4.90. The summed E-state index contributed by atoms with van der Waals surface area (Å²) in [6.45, 7) is 3.61.